The number of aromatic nitrogens is 5. The first-order valence-corrected chi connectivity index (χ1v) is 5.80. The fourth-order valence-corrected chi connectivity index (χ4v) is 1.85. The zero-order valence-corrected chi connectivity index (χ0v) is 10.0. The molecule has 92 valence electrons. The fourth-order valence-electron chi connectivity index (χ4n) is 1.85. The molecular weight excluding hydrogens is 230 g/mol. The van der Waals surface area contributed by atoms with Crippen molar-refractivity contribution in [3.05, 3.63) is 42.5 Å². The van der Waals surface area contributed by atoms with E-state index in [1.165, 1.54) is 4.85 Å². The van der Waals surface area contributed by atoms with Gasteiger partial charge in [-0.05, 0) is 29.8 Å². The number of fused-ring (bicyclic) bond motifs is 1. The second kappa shape index (κ2) is 4.48. The van der Waals surface area contributed by atoms with Gasteiger partial charge in [-0.3, -0.25) is 0 Å². The number of imidazole rings is 1. The molecule has 0 radical (unpaired) electrons. The highest BCUT2D eigenvalue weighted by Crippen LogP contribution is 2.13. The van der Waals surface area contributed by atoms with E-state index in [0.29, 0.717) is 6.61 Å². The lowest BCUT2D eigenvalue weighted by Gasteiger charge is -2.04. The molecule has 0 amide bonds. The van der Waals surface area contributed by atoms with Gasteiger partial charge in [0.1, 0.15) is 17.6 Å². The van der Waals surface area contributed by atoms with Crippen molar-refractivity contribution in [3.8, 4) is 0 Å². The summed E-state index contributed by atoms with van der Waals surface area (Å²) in [5, 5.41) is 7.99. The summed E-state index contributed by atoms with van der Waals surface area (Å²) in [7, 11) is 0. The van der Waals surface area contributed by atoms with Gasteiger partial charge in [-0.1, -0.05) is 10.9 Å². The highest BCUT2D eigenvalue weighted by Gasteiger charge is 2.06. The Kier molecular flexibility index (Phi) is 2.68. The van der Waals surface area contributed by atoms with E-state index < -0.39 is 0 Å². The van der Waals surface area contributed by atoms with Crippen LogP contribution in [-0.4, -0.2) is 31.3 Å². The Morgan fingerprint density at radius 3 is 3.06 bits per heavy atom. The van der Waals surface area contributed by atoms with Gasteiger partial charge in [-0.15, -0.1) is 5.10 Å². The van der Waals surface area contributed by atoms with Crippen LogP contribution in [0.1, 0.15) is 12.5 Å². The van der Waals surface area contributed by atoms with Crippen molar-refractivity contribution in [2.75, 3.05) is 6.61 Å². The molecule has 0 atom stereocenters. The summed E-state index contributed by atoms with van der Waals surface area (Å²) in [5.41, 5.74) is 2.87. The summed E-state index contributed by atoms with van der Waals surface area (Å²) in [6.45, 7) is 3.25. The van der Waals surface area contributed by atoms with Crippen molar-refractivity contribution < 1.29 is 4.84 Å². The van der Waals surface area contributed by atoms with Gasteiger partial charge in [0.05, 0.1) is 6.33 Å². The van der Waals surface area contributed by atoms with Crippen LogP contribution in [0, 0.1) is 0 Å². The van der Waals surface area contributed by atoms with E-state index in [-0.39, 0.29) is 0 Å². The van der Waals surface area contributed by atoms with Gasteiger partial charge in [0, 0.05) is 18.9 Å². The molecule has 0 N–H and O–H groups in total. The van der Waals surface area contributed by atoms with Crippen LogP contribution in [0.3, 0.4) is 0 Å². The zero-order chi connectivity index (χ0) is 12.4. The molecule has 18 heavy (non-hydrogen) atoms. The monoisotopic (exact) mass is 243 g/mol. The summed E-state index contributed by atoms with van der Waals surface area (Å²) in [6.07, 6.45) is 5.50. The highest BCUT2D eigenvalue weighted by atomic mass is 16.7. The van der Waals surface area contributed by atoms with Crippen LogP contribution in [0.5, 0.6) is 0 Å². The molecule has 0 unspecified atom stereocenters. The van der Waals surface area contributed by atoms with Crippen molar-refractivity contribution in [2.45, 2.75) is 13.5 Å². The lowest BCUT2D eigenvalue weighted by Crippen LogP contribution is -2.12. The molecule has 0 saturated heterocycles. The number of hydrogen-bond donors (Lipinski definition) is 0. The predicted octanol–water partition coefficient (Wildman–Crippen LogP) is 1.12. The van der Waals surface area contributed by atoms with E-state index in [2.05, 4.69) is 15.3 Å². The topological polar surface area (TPSA) is 57.8 Å². The van der Waals surface area contributed by atoms with Crippen molar-refractivity contribution >= 4 is 11.0 Å². The molecule has 2 heterocycles. The van der Waals surface area contributed by atoms with Gasteiger partial charge in [-0.2, -0.15) is 0 Å². The molecule has 0 aliphatic rings. The van der Waals surface area contributed by atoms with Crippen molar-refractivity contribution in [1.82, 2.24) is 24.7 Å². The number of hydrogen-bond acceptors (Lipinski definition) is 4. The Morgan fingerprint density at radius 1 is 1.33 bits per heavy atom. The maximum Gasteiger partial charge on any atom is 0.131 e. The molecule has 0 fully saturated rings. The third-order valence-corrected chi connectivity index (χ3v) is 2.66. The molecule has 3 rings (SSSR count). The van der Waals surface area contributed by atoms with E-state index >= 15 is 0 Å². The van der Waals surface area contributed by atoms with Crippen LogP contribution in [0.25, 0.3) is 11.0 Å². The van der Waals surface area contributed by atoms with E-state index in [1.54, 1.807) is 12.5 Å². The number of benzene rings is 1. The molecule has 0 saturated carbocycles. The lowest BCUT2D eigenvalue weighted by atomic mass is 10.2. The molecule has 0 bridgehead atoms. The first-order valence-electron chi connectivity index (χ1n) is 5.80. The molecule has 6 nitrogen and oxygen atoms in total. The quantitative estimate of drug-likeness (QED) is 0.689. The largest absolute Gasteiger partial charge is 0.395 e. The standard InChI is InChI=1S/C12H13N5O/c1-2-18-17-12-7-10(3-4-11(12)14-15-17)8-16-6-5-13-9-16/h3-7,9H,2,8H2,1H3. The van der Waals surface area contributed by atoms with Crippen LogP contribution in [0.15, 0.2) is 36.9 Å². The number of nitrogens with zero attached hydrogens (tertiary/aromatic N) is 5. The van der Waals surface area contributed by atoms with Crippen LogP contribution in [0.2, 0.25) is 0 Å². The number of rotatable bonds is 4. The summed E-state index contributed by atoms with van der Waals surface area (Å²) in [4.78, 5) is 10.9. The Bertz CT molecular complexity index is 644. The van der Waals surface area contributed by atoms with Crippen LogP contribution in [0.4, 0.5) is 0 Å². The maximum absolute atomic E-state index is 5.37. The van der Waals surface area contributed by atoms with Crippen LogP contribution in [-0.2, 0) is 6.54 Å². The van der Waals surface area contributed by atoms with Gasteiger partial charge >= 0.3 is 0 Å². The van der Waals surface area contributed by atoms with Crippen LogP contribution < -0.4 is 4.84 Å². The zero-order valence-electron chi connectivity index (χ0n) is 10.0. The van der Waals surface area contributed by atoms with E-state index in [4.69, 9.17) is 4.84 Å². The summed E-state index contributed by atoms with van der Waals surface area (Å²) < 4.78 is 2.01. The Morgan fingerprint density at radius 2 is 2.28 bits per heavy atom. The van der Waals surface area contributed by atoms with Gasteiger partial charge in [0.15, 0.2) is 0 Å². The summed E-state index contributed by atoms with van der Waals surface area (Å²) in [6, 6.07) is 6.02. The molecule has 0 aliphatic heterocycles. The molecule has 0 spiro atoms. The third-order valence-electron chi connectivity index (χ3n) is 2.66. The average Bonchev–Trinajstić information content (AvgIpc) is 3.00. The van der Waals surface area contributed by atoms with Crippen molar-refractivity contribution in [2.24, 2.45) is 0 Å². The summed E-state index contributed by atoms with van der Waals surface area (Å²) in [5.74, 6) is 0. The normalized spacial score (nSPS) is 10.9. The Labute approximate surface area is 104 Å². The third kappa shape index (κ3) is 1.92. The predicted molar refractivity (Wildman–Crippen MR) is 66.0 cm³/mol. The molecule has 0 aliphatic carbocycles. The molecule has 2 aromatic heterocycles. The highest BCUT2D eigenvalue weighted by molar-refractivity contribution is 5.74. The van der Waals surface area contributed by atoms with Gasteiger partial charge in [0.25, 0.3) is 0 Å². The molecule has 6 heteroatoms. The average molecular weight is 243 g/mol. The maximum atomic E-state index is 5.37. The second-order valence-electron chi connectivity index (χ2n) is 3.94. The smallest absolute Gasteiger partial charge is 0.131 e. The fraction of sp³-hybridized carbons (Fsp3) is 0.250. The first kappa shape index (κ1) is 10.8. The first-order chi connectivity index (χ1) is 8.86. The van der Waals surface area contributed by atoms with Crippen LogP contribution >= 0.6 is 0 Å². The Balaban J connectivity index is 1.96. The van der Waals surface area contributed by atoms with E-state index in [1.807, 2.05) is 35.9 Å². The lowest BCUT2D eigenvalue weighted by molar-refractivity contribution is 0.0979. The van der Waals surface area contributed by atoms with E-state index in [0.717, 1.165) is 23.1 Å². The van der Waals surface area contributed by atoms with Gasteiger partial charge in [0.2, 0.25) is 0 Å². The van der Waals surface area contributed by atoms with Crippen molar-refractivity contribution in [1.29, 1.82) is 0 Å². The minimum atomic E-state index is 0.560. The van der Waals surface area contributed by atoms with E-state index in [9.17, 15) is 0 Å². The Hall–Kier alpha value is -2.37. The molecule has 1 aromatic carbocycles. The van der Waals surface area contributed by atoms with Crippen molar-refractivity contribution in [3.63, 3.8) is 0 Å². The minimum absolute atomic E-state index is 0.560. The second-order valence-corrected chi connectivity index (χ2v) is 3.94. The SMILES string of the molecule is CCOn1nnc2ccc(Cn3ccnc3)cc21. The minimum Gasteiger partial charge on any atom is -0.395 e. The molecule has 3 aromatic rings. The molecular formula is C12H13N5O. The summed E-state index contributed by atoms with van der Waals surface area (Å²) >= 11 is 0. The van der Waals surface area contributed by atoms with Gasteiger partial charge < -0.3 is 9.40 Å². The van der Waals surface area contributed by atoms with Gasteiger partial charge in [-0.25, -0.2) is 4.98 Å².